The molecule has 2 aliphatic rings. The predicted molar refractivity (Wildman–Crippen MR) is 136 cm³/mol. The molecule has 37 heavy (non-hydrogen) atoms. The van der Waals surface area contributed by atoms with E-state index in [2.05, 4.69) is 0 Å². The minimum absolute atomic E-state index is 0.0583. The van der Waals surface area contributed by atoms with Crippen LogP contribution >= 0.6 is 11.6 Å². The molecule has 2 aromatic carbocycles. The molecule has 0 spiro atoms. The first-order valence-electron chi connectivity index (χ1n) is 11.9. The summed E-state index contributed by atoms with van der Waals surface area (Å²) in [5.74, 6) is -0.0583. The van der Waals surface area contributed by atoms with Crippen LogP contribution in [0.2, 0.25) is 5.02 Å². The second-order valence-corrected chi connectivity index (χ2v) is 12.0. The highest BCUT2D eigenvalue weighted by Crippen LogP contribution is 2.35. The highest BCUT2D eigenvalue weighted by Gasteiger charge is 2.41. The molecule has 0 aromatic heterocycles. The third kappa shape index (κ3) is 6.39. The highest BCUT2D eigenvalue weighted by molar-refractivity contribution is 7.88. The van der Waals surface area contributed by atoms with Gasteiger partial charge in [-0.15, -0.1) is 0 Å². The number of piperazine rings is 1. The van der Waals surface area contributed by atoms with Crippen molar-refractivity contribution < 1.29 is 26.4 Å². The van der Waals surface area contributed by atoms with Crippen molar-refractivity contribution in [3.05, 3.63) is 70.2 Å². The zero-order valence-corrected chi connectivity index (χ0v) is 22.2. The Bertz CT molecular complexity index is 1220. The van der Waals surface area contributed by atoms with Crippen molar-refractivity contribution in [3.8, 4) is 0 Å². The summed E-state index contributed by atoms with van der Waals surface area (Å²) in [4.78, 5) is 18.8. The minimum Gasteiger partial charge on any atom is -0.322 e. The minimum atomic E-state index is -4.47. The Kier molecular flexibility index (Phi) is 8.08. The van der Waals surface area contributed by atoms with Crippen LogP contribution in [0.3, 0.4) is 0 Å². The van der Waals surface area contributed by atoms with Gasteiger partial charge in [-0.05, 0) is 36.4 Å². The number of sulfonamides is 1. The molecule has 0 radical (unpaired) electrons. The number of halogens is 4. The van der Waals surface area contributed by atoms with Crippen molar-refractivity contribution in [3.63, 3.8) is 0 Å². The molecular weight excluding hydrogens is 529 g/mol. The molecule has 0 N–H and O–H groups in total. The molecule has 2 atom stereocenters. The summed E-state index contributed by atoms with van der Waals surface area (Å²) in [6, 6.07) is 12.7. The van der Waals surface area contributed by atoms with Crippen LogP contribution < -0.4 is 0 Å². The van der Waals surface area contributed by atoms with Crippen molar-refractivity contribution in [2.75, 3.05) is 52.6 Å². The number of hydrogen-bond donors (Lipinski definition) is 0. The maximum atomic E-state index is 13.4. The van der Waals surface area contributed by atoms with E-state index in [4.69, 9.17) is 11.6 Å². The fourth-order valence-corrected chi connectivity index (χ4v) is 6.09. The number of benzene rings is 2. The Morgan fingerprint density at radius 1 is 1.03 bits per heavy atom. The normalized spacial score (nSPS) is 21.6. The lowest BCUT2D eigenvalue weighted by Gasteiger charge is -2.35. The van der Waals surface area contributed by atoms with Gasteiger partial charge in [-0.25, -0.2) is 13.2 Å². The number of alkyl halides is 3. The topological polar surface area (TPSA) is 64.2 Å². The summed E-state index contributed by atoms with van der Waals surface area (Å²) >= 11 is 6.26. The zero-order valence-electron chi connectivity index (χ0n) is 20.7. The van der Waals surface area contributed by atoms with E-state index in [1.165, 1.54) is 10.4 Å². The lowest BCUT2D eigenvalue weighted by atomic mass is 9.93. The Balaban J connectivity index is 1.52. The van der Waals surface area contributed by atoms with Gasteiger partial charge in [0, 0.05) is 62.8 Å². The first kappa shape index (κ1) is 27.7. The molecular formula is C25H30ClF3N4O3S. The van der Waals surface area contributed by atoms with Crippen molar-refractivity contribution in [1.82, 2.24) is 19.0 Å². The van der Waals surface area contributed by atoms with Gasteiger partial charge in [-0.3, -0.25) is 4.90 Å². The summed E-state index contributed by atoms with van der Waals surface area (Å²) in [5.41, 5.74) is 0.649. The van der Waals surface area contributed by atoms with Crippen LogP contribution in [0.5, 0.6) is 0 Å². The van der Waals surface area contributed by atoms with Gasteiger partial charge in [0.2, 0.25) is 10.0 Å². The Hall–Kier alpha value is -2.34. The molecule has 0 bridgehead atoms. The monoisotopic (exact) mass is 558 g/mol. The number of nitrogens with zero attached hydrogens (tertiary/aromatic N) is 4. The molecule has 2 aliphatic heterocycles. The van der Waals surface area contributed by atoms with Crippen LogP contribution in [0.25, 0.3) is 0 Å². The number of carbonyl (C=O) groups excluding carboxylic acids is 1. The van der Waals surface area contributed by atoms with E-state index >= 15 is 0 Å². The number of rotatable bonds is 5. The average molecular weight is 559 g/mol. The van der Waals surface area contributed by atoms with Crippen LogP contribution in [0.4, 0.5) is 18.0 Å². The molecule has 0 aliphatic carbocycles. The fraction of sp³-hybridized carbons (Fsp3) is 0.480. The van der Waals surface area contributed by atoms with E-state index < -0.39 is 21.8 Å². The average Bonchev–Trinajstić information content (AvgIpc) is 3.30. The number of likely N-dealkylation sites (tertiary alicyclic amines) is 1. The molecule has 2 heterocycles. The summed E-state index contributed by atoms with van der Waals surface area (Å²) in [6.07, 6.45) is -3.31. The second-order valence-electron chi connectivity index (χ2n) is 9.64. The molecule has 2 unspecified atom stereocenters. The predicted octanol–water partition coefficient (Wildman–Crippen LogP) is 3.96. The number of hydrogen-bond acceptors (Lipinski definition) is 4. The first-order chi connectivity index (χ1) is 17.3. The molecule has 12 heteroatoms. The Morgan fingerprint density at radius 2 is 1.68 bits per heavy atom. The van der Waals surface area contributed by atoms with Gasteiger partial charge < -0.3 is 9.80 Å². The summed E-state index contributed by atoms with van der Waals surface area (Å²) in [5, 5.41) is 0.255. The SMILES string of the molecule is CN(Cc1cc(C(F)(F)F)ccc1Cl)C1CN(C(=O)N2CCN(S(C)(=O)=O)CC2)CC1c1ccccc1. The molecule has 202 valence electrons. The lowest BCUT2D eigenvalue weighted by molar-refractivity contribution is -0.137. The highest BCUT2D eigenvalue weighted by atomic mass is 35.5. The van der Waals surface area contributed by atoms with Gasteiger partial charge in [0.05, 0.1) is 11.8 Å². The summed E-state index contributed by atoms with van der Waals surface area (Å²) < 4.78 is 64.9. The van der Waals surface area contributed by atoms with E-state index in [0.717, 1.165) is 24.0 Å². The quantitative estimate of drug-likeness (QED) is 0.557. The maximum absolute atomic E-state index is 13.4. The third-order valence-electron chi connectivity index (χ3n) is 7.12. The lowest BCUT2D eigenvalue weighted by Crippen LogP contribution is -2.53. The molecule has 4 rings (SSSR count). The number of urea groups is 1. The summed E-state index contributed by atoms with van der Waals surface area (Å²) in [7, 11) is -1.48. The van der Waals surface area contributed by atoms with Crippen LogP contribution in [-0.2, 0) is 22.7 Å². The van der Waals surface area contributed by atoms with Crippen molar-refractivity contribution in [2.24, 2.45) is 0 Å². The number of amides is 2. The Labute approximate surface area is 220 Å². The van der Waals surface area contributed by atoms with Crippen molar-refractivity contribution in [1.29, 1.82) is 0 Å². The zero-order chi connectivity index (χ0) is 27.0. The molecule has 2 amide bonds. The van der Waals surface area contributed by atoms with Crippen molar-refractivity contribution >= 4 is 27.7 Å². The smallest absolute Gasteiger partial charge is 0.322 e. The van der Waals surface area contributed by atoms with Gasteiger partial charge in [-0.1, -0.05) is 41.9 Å². The molecule has 0 saturated carbocycles. The van der Waals surface area contributed by atoms with E-state index in [1.54, 1.807) is 9.80 Å². The van der Waals surface area contributed by atoms with Gasteiger partial charge in [0.1, 0.15) is 0 Å². The van der Waals surface area contributed by atoms with E-state index in [1.807, 2.05) is 42.3 Å². The van der Waals surface area contributed by atoms with Gasteiger partial charge in [-0.2, -0.15) is 17.5 Å². The maximum Gasteiger partial charge on any atom is 0.416 e. The van der Waals surface area contributed by atoms with Crippen molar-refractivity contribution in [2.45, 2.75) is 24.7 Å². The third-order valence-corrected chi connectivity index (χ3v) is 8.80. The molecule has 7 nitrogen and oxygen atoms in total. The van der Waals surface area contributed by atoms with Crippen LogP contribution in [0.15, 0.2) is 48.5 Å². The molecule has 2 fully saturated rings. The van der Waals surface area contributed by atoms with Gasteiger partial charge in [0.15, 0.2) is 0 Å². The van der Waals surface area contributed by atoms with Gasteiger partial charge in [0.25, 0.3) is 0 Å². The van der Waals surface area contributed by atoms with Crippen LogP contribution in [-0.4, -0.2) is 92.1 Å². The summed E-state index contributed by atoms with van der Waals surface area (Å²) in [6.45, 7) is 2.12. The van der Waals surface area contributed by atoms with Gasteiger partial charge >= 0.3 is 12.2 Å². The molecule has 2 saturated heterocycles. The number of likely N-dealkylation sites (N-methyl/N-ethyl adjacent to an activating group) is 1. The first-order valence-corrected chi connectivity index (χ1v) is 14.2. The fourth-order valence-electron chi connectivity index (χ4n) is 5.09. The van der Waals surface area contributed by atoms with E-state index in [-0.39, 0.29) is 42.6 Å². The van der Waals surface area contributed by atoms with E-state index in [0.29, 0.717) is 31.7 Å². The van der Waals surface area contributed by atoms with E-state index in [9.17, 15) is 26.4 Å². The van der Waals surface area contributed by atoms with Crippen LogP contribution in [0.1, 0.15) is 22.6 Å². The molecule has 2 aromatic rings. The second kappa shape index (κ2) is 10.8. The van der Waals surface area contributed by atoms with Crippen LogP contribution in [0, 0.1) is 0 Å². The number of carbonyl (C=O) groups is 1. The Morgan fingerprint density at radius 3 is 2.27 bits per heavy atom. The largest absolute Gasteiger partial charge is 0.416 e. The standard InChI is InChI=1S/C25H30ClF3N4O3S/c1-30(15-19-14-20(25(27,28)29)8-9-22(19)26)23-17-32(16-21(23)18-6-4-3-5-7-18)24(34)31-10-12-33(13-11-31)37(2,35)36/h3-9,14,21,23H,10-13,15-17H2,1-2H3.